The van der Waals surface area contributed by atoms with Gasteiger partial charge in [0, 0.05) is 25.1 Å². The van der Waals surface area contributed by atoms with Crippen molar-refractivity contribution in [2.45, 2.75) is 59.3 Å². The Labute approximate surface area is 126 Å². The van der Waals surface area contributed by atoms with Crippen LogP contribution >= 0.6 is 0 Å². The van der Waals surface area contributed by atoms with Crippen LogP contribution in [0.3, 0.4) is 0 Å². The van der Waals surface area contributed by atoms with Crippen LogP contribution in [0.15, 0.2) is 4.52 Å². The van der Waals surface area contributed by atoms with Gasteiger partial charge in [-0.2, -0.15) is 0 Å². The number of carbonyl (C=O) groups is 1. The number of fused-ring (bicyclic) bond motifs is 1. The van der Waals surface area contributed by atoms with Crippen molar-refractivity contribution in [3.63, 3.8) is 0 Å². The standard InChI is InChI=1S/C17H26N2O2/c1-17(2,3)12-7-8-14-13(11-12)15(18-21-14)16(20)19-9-5-4-6-10-19/h12H,4-11H2,1-3H3/t12-/m1/s1. The van der Waals surface area contributed by atoms with Gasteiger partial charge in [-0.15, -0.1) is 0 Å². The summed E-state index contributed by atoms with van der Waals surface area (Å²) in [5.74, 6) is 1.61. The van der Waals surface area contributed by atoms with Gasteiger partial charge in [0.1, 0.15) is 5.76 Å². The highest BCUT2D eigenvalue weighted by atomic mass is 16.5. The number of piperidine rings is 1. The smallest absolute Gasteiger partial charge is 0.276 e. The number of hydrogen-bond donors (Lipinski definition) is 0. The number of amides is 1. The number of likely N-dealkylation sites (tertiary alicyclic amines) is 1. The van der Waals surface area contributed by atoms with Crippen molar-refractivity contribution in [2.75, 3.05) is 13.1 Å². The summed E-state index contributed by atoms with van der Waals surface area (Å²) >= 11 is 0. The molecule has 0 spiro atoms. The van der Waals surface area contributed by atoms with Gasteiger partial charge >= 0.3 is 0 Å². The lowest BCUT2D eigenvalue weighted by Crippen LogP contribution is -2.37. The molecule has 1 amide bonds. The summed E-state index contributed by atoms with van der Waals surface area (Å²) in [6.07, 6.45) is 6.41. The molecule has 1 aliphatic heterocycles. The fourth-order valence-corrected chi connectivity index (χ4v) is 3.56. The fourth-order valence-electron chi connectivity index (χ4n) is 3.56. The van der Waals surface area contributed by atoms with E-state index in [1.54, 1.807) is 0 Å². The van der Waals surface area contributed by atoms with E-state index in [0.717, 1.165) is 56.5 Å². The van der Waals surface area contributed by atoms with E-state index in [1.807, 2.05) is 4.90 Å². The zero-order valence-corrected chi connectivity index (χ0v) is 13.4. The quantitative estimate of drug-likeness (QED) is 0.796. The first kappa shape index (κ1) is 14.6. The van der Waals surface area contributed by atoms with Crippen LogP contribution < -0.4 is 0 Å². The molecular formula is C17H26N2O2. The van der Waals surface area contributed by atoms with E-state index in [-0.39, 0.29) is 11.3 Å². The van der Waals surface area contributed by atoms with Crippen LogP contribution in [-0.2, 0) is 12.8 Å². The molecule has 21 heavy (non-hydrogen) atoms. The molecule has 0 radical (unpaired) electrons. The molecule has 1 fully saturated rings. The van der Waals surface area contributed by atoms with Gasteiger partial charge in [0.15, 0.2) is 5.69 Å². The number of aryl methyl sites for hydroxylation is 1. The van der Waals surface area contributed by atoms with Gasteiger partial charge in [-0.3, -0.25) is 4.79 Å². The predicted octanol–water partition coefficient (Wildman–Crippen LogP) is 3.45. The third-order valence-corrected chi connectivity index (χ3v) is 5.11. The molecule has 116 valence electrons. The zero-order valence-electron chi connectivity index (χ0n) is 13.4. The van der Waals surface area contributed by atoms with E-state index < -0.39 is 0 Å². The molecule has 2 aliphatic rings. The van der Waals surface area contributed by atoms with Crippen LogP contribution in [0.2, 0.25) is 0 Å². The predicted molar refractivity (Wildman–Crippen MR) is 81.2 cm³/mol. The maximum atomic E-state index is 12.7. The van der Waals surface area contributed by atoms with Crippen molar-refractivity contribution in [3.05, 3.63) is 17.0 Å². The Balaban J connectivity index is 1.82. The third kappa shape index (κ3) is 2.85. The first-order valence-corrected chi connectivity index (χ1v) is 8.23. The van der Waals surface area contributed by atoms with Crippen molar-refractivity contribution in [2.24, 2.45) is 11.3 Å². The SMILES string of the molecule is CC(C)(C)[C@@H]1CCc2onc(C(=O)N3CCCCC3)c2C1. The molecule has 3 rings (SSSR count). The van der Waals surface area contributed by atoms with Crippen LogP contribution in [0.5, 0.6) is 0 Å². The van der Waals surface area contributed by atoms with Gasteiger partial charge in [-0.05, 0) is 43.4 Å². The second-order valence-corrected chi connectivity index (χ2v) is 7.59. The second-order valence-electron chi connectivity index (χ2n) is 7.59. The monoisotopic (exact) mass is 290 g/mol. The number of carbonyl (C=O) groups excluding carboxylic acids is 1. The molecule has 0 N–H and O–H groups in total. The molecule has 4 nitrogen and oxygen atoms in total. The van der Waals surface area contributed by atoms with Gasteiger partial charge in [0.25, 0.3) is 5.91 Å². The lowest BCUT2D eigenvalue weighted by molar-refractivity contribution is 0.0712. The molecule has 1 saturated heterocycles. The topological polar surface area (TPSA) is 46.3 Å². The minimum Gasteiger partial charge on any atom is -0.360 e. The number of hydrogen-bond acceptors (Lipinski definition) is 3. The third-order valence-electron chi connectivity index (χ3n) is 5.11. The highest BCUT2D eigenvalue weighted by Crippen LogP contribution is 2.38. The van der Waals surface area contributed by atoms with E-state index >= 15 is 0 Å². The Bertz CT molecular complexity index is 521. The van der Waals surface area contributed by atoms with Crippen LogP contribution in [-0.4, -0.2) is 29.1 Å². The van der Waals surface area contributed by atoms with Gasteiger partial charge in [-0.1, -0.05) is 25.9 Å². The molecule has 1 aliphatic carbocycles. The van der Waals surface area contributed by atoms with Crippen LogP contribution in [0.25, 0.3) is 0 Å². The van der Waals surface area contributed by atoms with E-state index in [9.17, 15) is 4.79 Å². The molecule has 0 unspecified atom stereocenters. The van der Waals surface area contributed by atoms with Crippen molar-refractivity contribution in [1.82, 2.24) is 10.1 Å². The molecule has 4 heteroatoms. The van der Waals surface area contributed by atoms with Gasteiger partial charge < -0.3 is 9.42 Å². The van der Waals surface area contributed by atoms with Crippen molar-refractivity contribution >= 4 is 5.91 Å². The van der Waals surface area contributed by atoms with Gasteiger partial charge in [0.05, 0.1) is 0 Å². The maximum absolute atomic E-state index is 12.7. The lowest BCUT2D eigenvalue weighted by atomic mass is 9.71. The van der Waals surface area contributed by atoms with E-state index in [0.29, 0.717) is 11.6 Å². The Kier molecular flexibility index (Phi) is 3.80. The molecule has 1 aromatic rings. The van der Waals surface area contributed by atoms with E-state index in [2.05, 4.69) is 25.9 Å². The van der Waals surface area contributed by atoms with Crippen molar-refractivity contribution < 1.29 is 9.32 Å². The van der Waals surface area contributed by atoms with E-state index in [1.165, 1.54) is 6.42 Å². The number of rotatable bonds is 1. The molecule has 0 saturated carbocycles. The maximum Gasteiger partial charge on any atom is 0.276 e. The Hall–Kier alpha value is -1.32. The summed E-state index contributed by atoms with van der Waals surface area (Å²) in [6.45, 7) is 8.57. The summed E-state index contributed by atoms with van der Waals surface area (Å²) in [5, 5.41) is 4.12. The molecule has 1 atom stereocenters. The first-order chi connectivity index (χ1) is 9.97. The highest BCUT2D eigenvalue weighted by Gasteiger charge is 2.35. The fraction of sp³-hybridized carbons (Fsp3) is 0.765. The largest absolute Gasteiger partial charge is 0.360 e. The average molecular weight is 290 g/mol. The van der Waals surface area contributed by atoms with Gasteiger partial charge in [0.2, 0.25) is 0 Å². The van der Waals surface area contributed by atoms with Crippen molar-refractivity contribution in [3.8, 4) is 0 Å². The lowest BCUT2D eigenvalue weighted by Gasteiger charge is -2.33. The summed E-state index contributed by atoms with van der Waals surface area (Å²) in [4.78, 5) is 14.6. The van der Waals surface area contributed by atoms with E-state index in [4.69, 9.17) is 4.52 Å². The summed E-state index contributed by atoms with van der Waals surface area (Å²) in [7, 11) is 0. The van der Waals surface area contributed by atoms with Crippen LogP contribution in [0, 0.1) is 11.3 Å². The average Bonchev–Trinajstić information content (AvgIpc) is 2.89. The number of aromatic nitrogens is 1. The van der Waals surface area contributed by atoms with Gasteiger partial charge in [-0.25, -0.2) is 0 Å². The molecule has 2 heterocycles. The minimum atomic E-state index is 0.0780. The summed E-state index contributed by atoms with van der Waals surface area (Å²) in [5.41, 5.74) is 1.93. The zero-order chi connectivity index (χ0) is 15.0. The Morgan fingerprint density at radius 3 is 2.62 bits per heavy atom. The minimum absolute atomic E-state index is 0.0780. The molecule has 1 aromatic heterocycles. The Morgan fingerprint density at radius 2 is 1.95 bits per heavy atom. The highest BCUT2D eigenvalue weighted by molar-refractivity contribution is 5.94. The molecular weight excluding hydrogens is 264 g/mol. The summed E-state index contributed by atoms with van der Waals surface area (Å²) in [6, 6.07) is 0. The normalized spacial score (nSPS) is 23.0. The molecule has 0 bridgehead atoms. The first-order valence-electron chi connectivity index (χ1n) is 8.23. The van der Waals surface area contributed by atoms with Crippen LogP contribution in [0.1, 0.15) is 68.3 Å². The number of nitrogens with zero attached hydrogens (tertiary/aromatic N) is 2. The second kappa shape index (κ2) is 5.47. The Morgan fingerprint density at radius 1 is 1.24 bits per heavy atom. The summed E-state index contributed by atoms with van der Waals surface area (Å²) < 4.78 is 5.46. The van der Waals surface area contributed by atoms with Crippen LogP contribution in [0.4, 0.5) is 0 Å². The molecule has 0 aromatic carbocycles. The van der Waals surface area contributed by atoms with Crippen molar-refractivity contribution in [1.29, 1.82) is 0 Å².